The zero-order valence-corrected chi connectivity index (χ0v) is 16.3. The number of hydrogen-bond acceptors (Lipinski definition) is 6. The molecule has 0 saturated heterocycles. The van der Waals surface area contributed by atoms with Gasteiger partial charge in [-0.2, -0.15) is 8.78 Å². The van der Waals surface area contributed by atoms with Gasteiger partial charge in [-0.1, -0.05) is 6.07 Å². The zero-order valence-electron chi connectivity index (χ0n) is 15.4. The molecule has 148 valence electrons. The number of carbonyl (C=O) groups excluding carboxylic acids is 1. The molecule has 0 N–H and O–H groups in total. The second-order valence-corrected chi connectivity index (χ2v) is 7.13. The maximum atomic E-state index is 12.8. The van der Waals surface area contributed by atoms with E-state index in [1.807, 2.05) is 6.92 Å². The number of thiazole rings is 1. The van der Waals surface area contributed by atoms with Crippen molar-refractivity contribution in [3.8, 4) is 22.3 Å². The van der Waals surface area contributed by atoms with Crippen LogP contribution >= 0.6 is 11.3 Å². The van der Waals surface area contributed by atoms with E-state index >= 15 is 0 Å². The third-order valence-corrected chi connectivity index (χ3v) is 4.93. The summed E-state index contributed by atoms with van der Waals surface area (Å²) >= 11 is 1.37. The molecule has 1 amide bonds. The molecule has 3 aromatic rings. The number of ether oxygens (including phenoxy) is 2. The predicted octanol–water partition coefficient (Wildman–Crippen LogP) is 4.59. The van der Waals surface area contributed by atoms with Crippen molar-refractivity contribution in [3.05, 3.63) is 52.7 Å². The van der Waals surface area contributed by atoms with Crippen LogP contribution in [-0.4, -0.2) is 36.6 Å². The molecule has 9 heteroatoms. The number of aryl methyl sites for hydroxylation is 1. The van der Waals surface area contributed by atoms with Crippen molar-refractivity contribution in [2.24, 2.45) is 0 Å². The highest BCUT2D eigenvalue weighted by Gasteiger charge is 2.21. The van der Waals surface area contributed by atoms with Gasteiger partial charge in [-0.25, -0.2) is 4.98 Å². The number of nitrogens with zero attached hydrogens (tertiary/aromatic N) is 2. The van der Waals surface area contributed by atoms with Gasteiger partial charge in [-0.05, 0) is 36.8 Å². The molecule has 1 aromatic carbocycles. The summed E-state index contributed by atoms with van der Waals surface area (Å²) < 4.78 is 40.0. The van der Waals surface area contributed by atoms with Crippen LogP contribution in [0.15, 0.2) is 41.0 Å². The number of benzene rings is 1. The number of alkyl halides is 2. The molecule has 28 heavy (non-hydrogen) atoms. The lowest BCUT2D eigenvalue weighted by atomic mass is 10.2. The Morgan fingerprint density at radius 2 is 2.11 bits per heavy atom. The van der Waals surface area contributed by atoms with E-state index in [2.05, 4.69) is 9.72 Å². The van der Waals surface area contributed by atoms with Gasteiger partial charge in [0.25, 0.3) is 5.91 Å². The lowest BCUT2D eigenvalue weighted by molar-refractivity contribution is -0.0512. The number of methoxy groups -OCH3 is 1. The zero-order chi connectivity index (χ0) is 20.3. The molecule has 0 fully saturated rings. The Labute approximate surface area is 164 Å². The Balaban J connectivity index is 1.78. The highest BCUT2D eigenvalue weighted by atomic mass is 32.1. The van der Waals surface area contributed by atoms with Gasteiger partial charge in [0.15, 0.2) is 22.3 Å². The average Bonchev–Trinajstić information content (AvgIpc) is 3.30. The van der Waals surface area contributed by atoms with Gasteiger partial charge in [0.1, 0.15) is 5.69 Å². The van der Waals surface area contributed by atoms with Crippen LogP contribution in [0.25, 0.3) is 10.8 Å². The van der Waals surface area contributed by atoms with Crippen LogP contribution in [0.3, 0.4) is 0 Å². The first-order valence-electron chi connectivity index (χ1n) is 8.27. The molecule has 0 aliphatic carbocycles. The van der Waals surface area contributed by atoms with E-state index in [-0.39, 0.29) is 24.0 Å². The second-order valence-electron chi connectivity index (χ2n) is 5.93. The molecular formula is C19H18F2N2O4S. The highest BCUT2D eigenvalue weighted by molar-refractivity contribution is 7.15. The maximum absolute atomic E-state index is 12.8. The molecule has 2 aromatic heterocycles. The molecule has 3 rings (SSSR count). The fourth-order valence-electron chi connectivity index (χ4n) is 2.63. The first kappa shape index (κ1) is 19.8. The lowest BCUT2D eigenvalue weighted by Gasteiger charge is -2.18. The minimum absolute atomic E-state index is 0.0826. The van der Waals surface area contributed by atoms with E-state index in [4.69, 9.17) is 9.15 Å². The van der Waals surface area contributed by atoms with Crippen molar-refractivity contribution in [1.29, 1.82) is 0 Å². The monoisotopic (exact) mass is 408 g/mol. The molecular weight excluding hydrogens is 390 g/mol. The van der Waals surface area contributed by atoms with Crippen molar-refractivity contribution in [1.82, 2.24) is 9.88 Å². The van der Waals surface area contributed by atoms with Crippen LogP contribution < -0.4 is 9.47 Å². The molecule has 0 spiro atoms. The van der Waals surface area contributed by atoms with Crippen molar-refractivity contribution in [3.63, 3.8) is 0 Å². The molecule has 0 aliphatic heterocycles. The summed E-state index contributed by atoms with van der Waals surface area (Å²) in [5.74, 6) is 0.426. The van der Waals surface area contributed by atoms with Crippen molar-refractivity contribution in [2.45, 2.75) is 20.1 Å². The molecule has 0 saturated carbocycles. The van der Waals surface area contributed by atoms with Crippen LogP contribution in [0.4, 0.5) is 8.78 Å². The topological polar surface area (TPSA) is 64.8 Å². The first-order chi connectivity index (χ1) is 13.4. The summed E-state index contributed by atoms with van der Waals surface area (Å²) in [6.45, 7) is -0.969. The number of aromatic nitrogens is 1. The SMILES string of the molecule is COc1ccc(CN(C)C(=O)c2nc(-c3ccco3)sc2C)cc1OC(F)F. The summed E-state index contributed by atoms with van der Waals surface area (Å²) in [5, 5.41) is 0.622. The minimum atomic E-state index is -2.97. The minimum Gasteiger partial charge on any atom is -0.493 e. The summed E-state index contributed by atoms with van der Waals surface area (Å²) in [5.41, 5.74) is 0.947. The van der Waals surface area contributed by atoms with Crippen LogP contribution in [0.2, 0.25) is 0 Å². The largest absolute Gasteiger partial charge is 0.493 e. The number of hydrogen-bond donors (Lipinski definition) is 0. The standard InChI is InChI=1S/C19H18F2N2O4S/c1-11-16(22-17(28-11)14-5-4-8-26-14)18(24)23(2)10-12-6-7-13(25-3)15(9-12)27-19(20)21/h4-9,19H,10H2,1-3H3. The Morgan fingerprint density at radius 3 is 2.75 bits per heavy atom. The van der Waals surface area contributed by atoms with E-state index in [1.165, 1.54) is 35.5 Å². The summed E-state index contributed by atoms with van der Waals surface area (Å²) in [7, 11) is 2.98. The van der Waals surface area contributed by atoms with Crippen LogP contribution in [0.5, 0.6) is 11.5 Å². The normalized spacial score (nSPS) is 10.9. The molecule has 0 unspecified atom stereocenters. The van der Waals surface area contributed by atoms with Crippen molar-refractivity contribution >= 4 is 17.2 Å². The van der Waals surface area contributed by atoms with Gasteiger partial charge in [-0.3, -0.25) is 4.79 Å². The summed E-state index contributed by atoms with van der Waals surface area (Å²) in [6, 6.07) is 8.16. The number of furan rings is 1. The number of halogens is 2. The van der Waals surface area contributed by atoms with Gasteiger partial charge in [0.2, 0.25) is 0 Å². The lowest BCUT2D eigenvalue weighted by Crippen LogP contribution is -2.27. The fourth-order valence-corrected chi connectivity index (χ4v) is 3.51. The molecule has 0 aliphatic rings. The number of carbonyl (C=O) groups is 1. The Hall–Kier alpha value is -2.94. The van der Waals surface area contributed by atoms with Gasteiger partial charge in [-0.15, -0.1) is 11.3 Å². The highest BCUT2D eigenvalue weighted by Crippen LogP contribution is 2.31. The quantitative estimate of drug-likeness (QED) is 0.572. The van der Waals surface area contributed by atoms with Gasteiger partial charge < -0.3 is 18.8 Å². The Kier molecular flexibility index (Phi) is 5.93. The predicted molar refractivity (Wildman–Crippen MR) is 100.0 cm³/mol. The van der Waals surface area contributed by atoms with Gasteiger partial charge in [0, 0.05) is 18.5 Å². The van der Waals surface area contributed by atoms with E-state index < -0.39 is 6.61 Å². The third-order valence-electron chi connectivity index (χ3n) is 3.94. The van der Waals surface area contributed by atoms with Gasteiger partial charge in [0.05, 0.1) is 13.4 Å². The van der Waals surface area contributed by atoms with Crippen molar-refractivity contribution in [2.75, 3.05) is 14.2 Å². The Morgan fingerprint density at radius 1 is 1.32 bits per heavy atom. The van der Waals surface area contributed by atoms with E-state index in [0.29, 0.717) is 22.0 Å². The van der Waals surface area contributed by atoms with Crippen LogP contribution in [0.1, 0.15) is 20.9 Å². The molecule has 2 heterocycles. The molecule has 0 atom stereocenters. The van der Waals surface area contributed by atoms with E-state index in [9.17, 15) is 13.6 Å². The number of amides is 1. The number of rotatable bonds is 7. The van der Waals surface area contributed by atoms with E-state index in [1.54, 1.807) is 31.5 Å². The maximum Gasteiger partial charge on any atom is 0.387 e. The second kappa shape index (κ2) is 8.39. The average molecular weight is 408 g/mol. The van der Waals surface area contributed by atoms with Crippen LogP contribution in [0, 0.1) is 6.92 Å². The Bertz CT molecular complexity index is 957. The van der Waals surface area contributed by atoms with Crippen LogP contribution in [-0.2, 0) is 6.54 Å². The first-order valence-corrected chi connectivity index (χ1v) is 9.09. The molecule has 6 nitrogen and oxygen atoms in total. The third kappa shape index (κ3) is 4.30. The molecule has 0 radical (unpaired) electrons. The van der Waals surface area contributed by atoms with E-state index in [0.717, 1.165) is 4.88 Å². The van der Waals surface area contributed by atoms with Gasteiger partial charge >= 0.3 is 6.61 Å². The van der Waals surface area contributed by atoms with Crippen molar-refractivity contribution < 1.29 is 27.5 Å². The smallest absolute Gasteiger partial charge is 0.387 e. The molecule has 0 bridgehead atoms. The summed E-state index contributed by atoms with van der Waals surface area (Å²) in [4.78, 5) is 19.4. The fraction of sp³-hybridized carbons (Fsp3) is 0.263. The summed E-state index contributed by atoms with van der Waals surface area (Å²) in [6.07, 6.45) is 1.54.